The van der Waals surface area contributed by atoms with Gasteiger partial charge < -0.3 is 5.11 Å². The summed E-state index contributed by atoms with van der Waals surface area (Å²) in [5, 5.41) is 9.66. The van der Waals surface area contributed by atoms with Crippen LogP contribution in [0, 0.1) is 5.92 Å². The monoisotopic (exact) mass is 288 g/mol. The maximum absolute atomic E-state index is 11.8. The van der Waals surface area contributed by atoms with Gasteiger partial charge in [0, 0.05) is 6.42 Å². The van der Waals surface area contributed by atoms with Gasteiger partial charge in [-0.05, 0) is 44.2 Å². The zero-order valence-electron chi connectivity index (χ0n) is 13.5. The fraction of sp³-hybridized carbons (Fsp3) is 0.526. The summed E-state index contributed by atoms with van der Waals surface area (Å²) in [4.78, 5) is 11.8. The summed E-state index contributed by atoms with van der Waals surface area (Å²) in [5.74, 6) is 0.706. The minimum absolute atomic E-state index is 0.157. The first-order valence-electron chi connectivity index (χ1n) is 7.82. The lowest BCUT2D eigenvalue weighted by Gasteiger charge is -2.17. The topological polar surface area (TPSA) is 37.3 Å². The second kappa shape index (κ2) is 8.78. The summed E-state index contributed by atoms with van der Waals surface area (Å²) < 4.78 is 0. The molecule has 1 N–H and O–H groups in total. The Bertz CT molecular complexity index is 440. The van der Waals surface area contributed by atoms with Crippen LogP contribution in [0.15, 0.2) is 42.5 Å². The Morgan fingerprint density at radius 3 is 2.57 bits per heavy atom. The van der Waals surface area contributed by atoms with Gasteiger partial charge >= 0.3 is 0 Å². The molecule has 0 spiro atoms. The van der Waals surface area contributed by atoms with Gasteiger partial charge in [0.05, 0.1) is 5.60 Å². The van der Waals surface area contributed by atoms with Crippen LogP contribution in [0.3, 0.4) is 0 Å². The average molecular weight is 288 g/mol. The molecule has 0 aromatic heterocycles. The van der Waals surface area contributed by atoms with Crippen LogP contribution in [0.1, 0.15) is 52.0 Å². The van der Waals surface area contributed by atoms with E-state index in [2.05, 4.69) is 6.92 Å². The predicted octanol–water partition coefficient (Wildman–Crippen LogP) is 4.32. The molecule has 0 amide bonds. The number of hydrogen-bond acceptors (Lipinski definition) is 2. The quantitative estimate of drug-likeness (QED) is 0.687. The van der Waals surface area contributed by atoms with E-state index in [9.17, 15) is 9.90 Å². The largest absolute Gasteiger partial charge is 0.390 e. The summed E-state index contributed by atoms with van der Waals surface area (Å²) in [6.45, 7) is 5.88. The Morgan fingerprint density at radius 2 is 1.95 bits per heavy atom. The van der Waals surface area contributed by atoms with Gasteiger partial charge in [-0.15, -0.1) is 0 Å². The summed E-state index contributed by atoms with van der Waals surface area (Å²) in [6, 6.07) is 9.82. The number of carbonyl (C=O) groups is 1. The Labute approximate surface area is 128 Å². The minimum Gasteiger partial charge on any atom is -0.390 e. The zero-order valence-corrected chi connectivity index (χ0v) is 13.5. The molecular weight excluding hydrogens is 260 g/mol. The second-order valence-electron chi connectivity index (χ2n) is 6.58. The molecule has 0 unspecified atom stereocenters. The van der Waals surface area contributed by atoms with E-state index in [-0.39, 0.29) is 5.78 Å². The molecule has 1 atom stereocenters. The smallest absolute Gasteiger partial charge is 0.159 e. The van der Waals surface area contributed by atoms with Crippen molar-refractivity contribution < 1.29 is 9.90 Å². The Morgan fingerprint density at radius 1 is 1.29 bits per heavy atom. The van der Waals surface area contributed by atoms with Crippen molar-refractivity contribution in [3.63, 3.8) is 0 Å². The number of allylic oxidation sites excluding steroid dienone is 2. The van der Waals surface area contributed by atoms with Crippen LogP contribution < -0.4 is 0 Å². The summed E-state index contributed by atoms with van der Waals surface area (Å²) in [7, 11) is 0. The van der Waals surface area contributed by atoms with Gasteiger partial charge in [-0.25, -0.2) is 0 Å². The van der Waals surface area contributed by atoms with Gasteiger partial charge in [0.25, 0.3) is 0 Å². The Hall–Kier alpha value is -1.41. The summed E-state index contributed by atoms with van der Waals surface area (Å²) in [6.07, 6.45) is 8.03. The number of benzene rings is 1. The summed E-state index contributed by atoms with van der Waals surface area (Å²) >= 11 is 0. The summed E-state index contributed by atoms with van der Waals surface area (Å²) in [5.41, 5.74) is 0.492. The number of hydrogen-bond donors (Lipinski definition) is 1. The molecule has 0 saturated carbocycles. The van der Waals surface area contributed by atoms with Gasteiger partial charge in [-0.2, -0.15) is 0 Å². The molecular formula is C19H28O2. The molecule has 1 aromatic rings. The van der Waals surface area contributed by atoms with E-state index in [1.807, 2.05) is 50.3 Å². The average Bonchev–Trinajstić information content (AvgIpc) is 2.38. The van der Waals surface area contributed by atoms with Crippen molar-refractivity contribution in [2.45, 2.75) is 58.5 Å². The molecule has 2 heteroatoms. The molecule has 116 valence electrons. The maximum Gasteiger partial charge on any atom is 0.159 e. The van der Waals surface area contributed by atoms with Crippen LogP contribution >= 0.6 is 0 Å². The first kappa shape index (κ1) is 17.6. The van der Waals surface area contributed by atoms with Crippen molar-refractivity contribution in [3.8, 4) is 0 Å². The van der Waals surface area contributed by atoms with Crippen LogP contribution in [0.25, 0.3) is 0 Å². The first-order valence-corrected chi connectivity index (χ1v) is 7.82. The van der Waals surface area contributed by atoms with E-state index in [0.717, 1.165) is 31.2 Å². The highest BCUT2D eigenvalue weighted by atomic mass is 16.3. The van der Waals surface area contributed by atoms with Crippen LogP contribution in [-0.4, -0.2) is 16.5 Å². The number of rotatable bonds is 9. The molecule has 0 fully saturated rings. The third-order valence-corrected chi connectivity index (χ3v) is 3.55. The van der Waals surface area contributed by atoms with E-state index < -0.39 is 5.60 Å². The van der Waals surface area contributed by atoms with E-state index in [1.165, 1.54) is 0 Å². The number of aliphatic hydroxyl groups is 1. The molecule has 0 saturated heterocycles. The van der Waals surface area contributed by atoms with E-state index in [4.69, 9.17) is 0 Å². The van der Waals surface area contributed by atoms with Crippen molar-refractivity contribution in [2.24, 2.45) is 5.92 Å². The molecule has 0 heterocycles. The number of ketones is 1. The first-order chi connectivity index (χ1) is 9.87. The number of carbonyl (C=O) groups excluding carboxylic acids is 1. The lowest BCUT2D eigenvalue weighted by molar-refractivity contribution is -0.114. The predicted molar refractivity (Wildman–Crippen MR) is 88.2 cm³/mol. The lowest BCUT2D eigenvalue weighted by Crippen LogP contribution is -2.18. The third kappa shape index (κ3) is 9.19. The van der Waals surface area contributed by atoms with E-state index >= 15 is 0 Å². The molecule has 1 rings (SSSR count). The molecule has 0 aliphatic heterocycles. The third-order valence-electron chi connectivity index (χ3n) is 3.55. The minimum atomic E-state index is -0.568. The van der Waals surface area contributed by atoms with Crippen molar-refractivity contribution in [1.29, 1.82) is 0 Å². The molecule has 0 bridgehead atoms. The van der Waals surface area contributed by atoms with Crippen LogP contribution in [0.4, 0.5) is 0 Å². The van der Waals surface area contributed by atoms with Gasteiger partial charge in [0.2, 0.25) is 0 Å². The molecule has 0 radical (unpaired) electrons. The fourth-order valence-corrected chi connectivity index (χ4v) is 2.29. The van der Waals surface area contributed by atoms with Crippen LogP contribution in [0.2, 0.25) is 0 Å². The van der Waals surface area contributed by atoms with Crippen molar-refractivity contribution in [2.75, 3.05) is 0 Å². The highest BCUT2D eigenvalue weighted by Crippen LogP contribution is 2.18. The standard InChI is InChI=1S/C19H28O2/c1-16(10-8-14-19(2,3)21)9-7-13-18(20)15-17-11-5-4-6-12-17/h4-7,11-13,16,21H,8-10,14-15H2,1-3H3/b13-7+/t16-/m0/s1. The molecule has 2 nitrogen and oxygen atoms in total. The fourth-order valence-electron chi connectivity index (χ4n) is 2.29. The van der Waals surface area contributed by atoms with Gasteiger partial charge in [0.1, 0.15) is 0 Å². The van der Waals surface area contributed by atoms with E-state index in [1.54, 1.807) is 6.08 Å². The lowest BCUT2D eigenvalue weighted by atomic mass is 9.95. The van der Waals surface area contributed by atoms with Crippen molar-refractivity contribution >= 4 is 5.78 Å². The maximum atomic E-state index is 11.8. The van der Waals surface area contributed by atoms with Crippen molar-refractivity contribution in [1.82, 2.24) is 0 Å². The highest BCUT2D eigenvalue weighted by Gasteiger charge is 2.12. The molecule has 1 aromatic carbocycles. The van der Waals surface area contributed by atoms with Gasteiger partial charge in [0.15, 0.2) is 5.78 Å². The van der Waals surface area contributed by atoms with Crippen molar-refractivity contribution in [3.05, 3.63) is 48.0 Å². The molecule has 0 aliphatic carbocycles. The SMILES string of the molecule is C[C@@H](C/C=C/C(=O)Cc1ccccc1)CCCC(C)(C)O. The van der Waals surface area contributed by atoms with Gasteiger partial charge in [-0.1, -0.05) is 56.2 Å². The highest BCUT2D eigenvalue weighted by molar-refractivity contribution is 5.91. The zero-order chi connectivity index (χ0) is 15.7. The van der Waals surface area contributed by atoms with E-state index in [0.29, 0.717) is 12.3 Å². The van der Waals surface area contributed by atoms with Crippen LogP contribution in [-0.2, 0) is 11.2 Å². The normalized spacial score (nSPS) is 13.5. The Kier molecular flexibility index (Phi) is 7.38. The molecule has 0 aliphatic rings. The Balaban J connectivity index is 2.22. The molecule has 21 heavy (non-hydrogen) atoms. The second-order valence-corrected chi connectivity index (χ2v) is 6.58. The van der Waals surface area contributed by atoms with Gasteiger partial charge in [-0.3, -0.25) is 4.79 Å². The van der Waals surface area contributed by atoms with Crippen LogP contribution in [0.5, 0.6) is 0 Å².